The molecule has 0 aliphatic carbocycles. The highest BCUT2D eigenvalue weighted by molar-refractivity contribution is 7.04. The molecule has 164 valence electrons. The second-order valence-electron chi connectivity index (χ2n) is 9.32. The van der Waals surface area contributed by atoms with Crippen molar-refractivity contribution in [3.63, 3.8) is 0 Å². The summed E-state index contributed by atoms with van der Waals surface area (Å²) in [5, 5.41) is 3.03. The first-order chi connectivity index (χ1) is 16.6. The van der Waals surface area contributed by atoms with Crippen molar-refractivity contribution in [3.8, 4) is 33.9 Å². The summed E-state index contributed by atoms with van der Waals surface area (Å²) in [5.41, 5.74) is 6.11. The molecule has 5 aromatic rings. The lowest BCUT2D eigenvalue weighted by Gasteiger charge is -2.22. The molecule has 0 atom stereocenters. The Bertz CT molecular complexity index is 1440. The first kappa shape index (κ1) is 20.7. The van der Waals surface area contributed by atoms with Gasteiger partial charge in [-0.05, 0) is 27.1 Å². The normalized spacial score (nSPS) is 13.4. The van der Waals surface area contributed by atoms with E-state index in [2.05, 4.69) is 79.8 Å². The number of benzene rings is 4. The van der Waals surface area contributed by atoms with Gasteiger partial charge < -0.3 is 0 Å². The van der Waals surface area contributed by atoms with Crippen molar-refractivity contribution in [2.24, 2.45) is 0 Å². The summed E-state index contributed by atoms with van der Waals surface area (Å²) in [6.45, 7) is 4.92. The van der Waals surface area contributed by atoms with Crippen LogP contribution in [-0.4, -0.2) is 23.0 Å². The second-order valence-corrected chi connectivity index (χ2v) is 13.6. The van der Waals surface area contributed by atoms with Crippen LogP contribution in [0.25, 0.3) is 33.9 Å². The summed E-state index contributed by atoms with van der Waals surface area (Å²) >= 11 is 0. The van der Waals surface area contributed by atoms with Crippen molar-refractivity contribution in [2.45, 2.75) is 19.5 Å². The van der Waals surface area contributed by atoms with Crippen molar-refractivity contribution >= 4 is 18.4 Å². The molecule has 4 heteroatoms. The topological polar surface area (TPSA) is 38.7 Å². The van der Waals surface area contributed by atoms with Crippen LogP contribution in [-0.2, 0) is 6.42 Å². The average molecular weight is 456 g/mol. The third kappa shape index (κ3) is 3.47. The number of rotatable bonds is 4. The van der Waals surface area contributed by atoms with Crippen LogP contribution in [0, 0.1) is 0 Å². The molecule has 1 aliphatic rings. The molecule has 1 aromatic heterocycles. The van der Waals surface area contributed by atoms with Gasteiger partial charge in [-0.2, -0.15) is 0 Å². The van der Waals surface area contributed by atoms with Gasteiger partial charge in [0.15, 0.2) is 11.6 Å². The summed E-state index contributed by atoms with van der Waals surface area (Å²) in [6.07, 6.45) is 0.690. The molecule has 0 spiro atoms. The Kier molecular flexibility index (Phi) is 4.96. The largest absolute Gasteiger partial charge is 0.213 e. The Hall–Kier alpha value is -3.89. The van der Waals surface area contributed by atoms with E-state index in [-0.39, 0.29) is 0 Å². The minimum atomic E-state index is -1.81. The zero-order valence-electron chi connectivity index (χ0n) is 19.4. The third-order valence-corrected chi connectivity index (χ3v) is 10.4. The van der Waals surface area contributed by atoms with E-state index < -0.39 is 8.07 Å². The van der Waals surface area contributed by atoms with Crippen molar-refractivity contribution in [3.05, 3.63) is 115 Å². The summed E-state index contributed by atoms with van der Waals surface area (Å²) in [6, 6.07) is 36.0. The first-order valence-electron chi connectivity index (χ1n) is 11.7. The lowest BCUT2D eigenvalue weighted by molar-refractivity contribution is 0.935. The fourth-order valence-electron chi connectivity index (χ4n) is 5.21. The fraction of sp³-hybridized carbons (Fsp3) is 0.100. The highest BCUT2D eigenvalue weighted by Crippen LogP contribution is 2.30. The van der Waals surface area contributed by atoms with Gasteiger partial charge in [-0.25, -0.2) is 15.0 Å². The van der Waals surface area contributed by atoms with Gasteiger partial charge in [0.2, 0.25) is 0 Å². The Balaban J connectivity index is 1.49. The second kappa shape index (κ2) is 8.15. The van der Waals surface area contributed by atoms with Gasteiger partial charge in [0.25, 0.3) is 0 Å². The molecule has 0 fully saturated rings. The lowest BCUT2D eigenvalue weighted by Crippen LogP contribution is -2.50. The van der Waals surface area contributed by atoms with Gasteiger partial charge in [0, 0.05) is 17.5 Å². The first-order valence-corrected chi connectivity index (χ1v) is 14.7. The van der Waals surface area contributed by atoms with E-state index in [1.807, 2.05) is 36.4 Å². The Morgan fingerprint density at radius 3 is 1.76 bits per heavy atom. The molecule has 1 aliphatic heterocycles. The van der Waals surface area contributed by atoms with Crippen LogP contribution < -0.4 is 10.4 Å². The predicted molar refractivity (Wildman–Crippen MR) is 142 cm³/mol. The summed E-state index contributed by atoms with van der Waals surface area (Å²) in [7, 11) is -1.81. The van der Waals surface area contributed by atoms with Gasteiger partial charge in [0.1, 0.15) is 13.9 Å². The predicted octanol–water partition coefficient (Wildman–Crippen LogP) is 5.60. The number of hydrogen-bond donors (Lipinski definition) is 0. The molecule has 0 bridgehead atoms. The van der Waals surface area contributed by atoms with Crippen molar-refractivity contribution in [1.29, 1.82) is 0 Å². The third-order valence-electron chi connectivity index (χ3n) is 6.76. The van der Waals surface area contributed by atoms with E-state index in [0.29, 0.717) is 6.42 Å². The van der Waals surface area contributed by atoms with Gasteiger partial charge in [-0.15, -0.1) is 0 Å². The highest BCUT2D eigenvalue weighted by atomic mass is 28.3. The van der Waals surface area contributed by atoms with Gasteiger partial charge in [-0.1, -0.05) is 116 Å². The summed E-state index contributed by atoms with van der Waals surface area (Å²) in [4.78, 5) is 14.7. The van der Waals surface area contributed by atoms with E-state index >= 15 is 0 Å². The molecule has 3 nitrogen and oxygen atoms in total. The van der Waals surface area contributed by atoms with E-state index in [9.17, 15) is 0 Å². The van der Waals surface area contributed by atoms with Crippen molar-refractivity contribution in [2.75, 3.05) is 0 Å². The number of aromatic nitrogens is 3. The molecule has 6 rings (SSSR count). The maximum Gasteiger partial charge on any atom is 0.163 e. The maximum atomic E-state index is 4.94. The molecule has 2 heterocycles. The molecule has 0 saturated carbocycles. The Morgan fingerprint density at radius 1 is 0.559 bits per heavy atom. The van der Waals surface area contributed by atoms with Crippen LogP contribution in [0.2, 0.25) is 13.1 Å². The fourth-order valence-corrected chi connectivity index (χ4v) is 8.75. The van der Waals surface area contributed by atoms with E-state index in [4.69, 9.17) is 15.0 Å². The quantitative estimate of drug-likeness (QED) is 0.331. The lowest BCUT2D eigenvalue weighted by atomic mass is 10.0. The standard InChI is InChI=1S/C30H25N3Si/c1-34(2)26-19-10-9-17-24(26)25-18-11-16-23(28(25)34)20-27-31-29(21-12-5-3-6-13-21)33-30(32-27)22-14-7-4-8-15-22/h3-19H,20H2,1-2H3. The zero-order chi connectivity index (χ0) is 23.1. The van der Waals surface area contributed by atoms with Crippen LogP contribution in [0.4, 0.5) is 0 Å². The van der Waals surface area contributed by atoms with E-state index in [1.165, 1.54) is 27.1 Å². The Morgan fingerprint density at radius 2 is 1.12 bits per heavy atom. The molecular weight excluding hydrogens is 430 g/mol. The number of hydrogen-bond acceptors (Lipinski definition) is 3. The van der Waals surface area contributed by atoms with Crippen molar-refractivity contribution < 1.29 is 0 Å². The van der Waals surface area contributed by atoms with E-state index in [0.717, 1.165) is 28.6 Å². The van der Waals surface area contributed by atoms with Crippen LogP contribution in [0.5, 0.6) is 0 Å². The Labute approximate surface area is 201 Å². The minimum absolute atomic E-state index is 0.690. The van der Waals surface area contributed by atoms with Crippen LogP contribution >= 0.6 is 0 Å². The van der Waals surface area contributed by atoms with Gasteiger partial charge >= 0.3 is 0 Å². The molecule has 0 saturated heterocycles. The number of fused-ring (bicyclic) bond motifs is 3. The monoisotopic (exact) mass is 455 g/mol. The molecule has 0 N–H and O–H groups in total. The van der Waals surface area contributed by atoms with Gasteiger partial charge in [-0.3, -0.25) is 0 Å². The zero-order valence-corrected chi connectivity index (χ0v) is 20.4. The van der Waals surface area contributed by atoms with Crippen LogP contribution in [0.3, 0.4) is 0 Å². The SMILES string of the molecule is C[Si]1(C)c2ccccc2-c2cccc(Cc3nc(-c4ccccc4)nc(-c4ccccc4)n3)c21. The molecule has 34 heavy (non-hydrogen) atoms. The number of nitrogens with zero attached hydrogens (tertiary/aromatic N) is 3. The van der Waals surface area contributed by atoms with E-state index in [1.54, 1.807) is 0 Å². The maximum absolute atomic E-state index is 4.94. The summed E-state index contributed by atoms with van der Waals surface area (Å²) in [5.74, 6) is 2.25. The summed E-state index contributed by atoms with van der Waals surface area (Å²) < 4.78 is 0. The minimum Gasteiger partial charge on any atom is -0.213 e. The highest BCUT2D eigenvalue weighted by Gasteiger charge is 2.38. The molecule has 0 radical (unpaired) electrons. The molecule has 0 unspecified atom stereocenters. The van der Waals surface area contributed by atoms with Crippen molar-refractivity contribution in [1.82, 2.24) is 15.0 Å². The molecule has 4 aromatic carbocycles. The average Bonchev–Trinajstić information content (AvgIpc) is 3.13. The van der Waals surface area contributed by atoms with Crippen LogP contribution in [0.1, 0.15) is 11.4 Å². The van der Waals surface area contributed by atoms with Gasteiger partial charge in [0.05, 0.1) is 0 Å². The molecule has 0 amide bonds. The van der Waals surface area contributed by atoms with Crippen LogP contribution in [0.15, 0.2) is 103 Å². The smallest absolute Gasteiger partial charge is 0.163 e. The molecular formula is C30H25N3Si.